The summed E-state index contributed by atoms with van der Waals surface area (Å²) in [6.45, 7) is 0.362. The largest absolute Gasteiger partial charge is 0.398 e. The summed E-state index contributed by atoms with van der Waals surface area (Å²) < 4.78 is 13.2. The van der Waals surface area contributed by atoms with Crippen LogP contribution in [0, 0.1) is 5.82 Å². The second-order valence-electron chi connectivity index (χ2n) is 2.89. The molecule has 0 aliphatic heterocycles. The molecule has 0 unspecified atom stereocenters. The van der Waals surface area contributed by atoms with Gasteiger partial charge in [-0.2, -0.15) is 0 Å². The highest BCUT2D eigenvalue weighted by Crippen LogP contribution is 2.17. The number of nitrogen functional groups attached to an aromatic ring is 1. The second-order valence-corrected chi connectivity index (χ2v) is 2.89. The molecule has 0 amide bonds. The van der Waals surface area contributed by atoms with Gasteiger partial charge in [-0.05, 0) is 24.1 Å². The monoisotopic (exact) mass is 206 g/mol. The maximum absolute atomic E-state index is 13.2. The molecule has 0 aromatic heterocycles. The minimum atomic E-state index is -0.352. The Hall–Kier alpha value is -2.00. The predicted octanol–water partition coefficient (Wildman–Crippen LogP) is 3.12. The van der Waals surface area contributed by atoms with Crippen LogP contribution in [0.3, 0.4) is 0 Å². The van der Waals surface area contributed by atoms with E-state index >= 15 is 0 Å². The molecule has 0 aliphatic carbocycles. The third kappa shape index (κ3) is 3.32. The summed E-state index contributed by atoms with van der Waals surface area (Å²) in [7, 11) is 0. The molecule has 78 valence electrons. The van der Waals surface area contributed by atoms with Crippen LogP contribution in [-0.4, -0.2) is 6.54 Å². The molecule has 0 atom stereocenters. The normalized spacial score (nSPS) is 10.2. The van der Waals surface area contributed by atoms with E-state index in [0.717, 1.165) is 0 Å². The summed E-state index contributed by atoms with van der Waals surface area (Å²) >= 11 is 0. The van der Waals surface area contributed by atoms with E-state index in [0.29, 0.717) is 24.2 Å². The number of nitrogens with zero attached hydrogens (tertiary/aromatic N) is 3. The average molecular weight is 206 g/mol. The number of anilines is 1. The fourth-order valence-corrected chi connectivity index (χ4v) is 1.11. The Labute approximate surface area is 86.8 Å². The van der Waals surface area contributed by atoms with E-state index in [4.69, 9.17) is 11.3 Å². The summed E-state index contributed by atoms with van der Waals surface area (Å²) in [4.78, 5) is 2.61. The lowest BCUT2D eigenvalue weighted by Gasteiger charge is -2.00. The molecule has 4 nitrogen and oxygen atoms in total. The molecule has 0 saturated heterocycles. The van der Waals surface area contributed by atoms with Crippen LogP contribution in [0.2, 0.25) is 0 Å². The third-order valence-electron chi connectivity index (χ3n) is 1.83. The van der Waals surface area contributed by atoms with Crippen molar-refractivity contribution in [3.63, 3.8) is 0 Å². The fourth-order valence-electron chi connectivity index (χ4n) is 1.11. The van der Waals surface area contributed by atoms with Gasteiger partial charge in [0.25, 0.3) is 0 Å². The van der Waals surface area contributed by atoms with Crippen LogP contribution in [0.4, 0.5) is 10.1 Å². The molecule has 1 aromatic carbocycles. The zero-order valence-electron chi connectivity index (χ0n) is 8.10. The first kappa shape index (κ1) is 11.1. The van der Waals surface area contributed by atoms with Gasteiger partial charge < -0.3 is 5.73 Å². The van der Waals surface area contributed by atoms with Gasteiger partial charge in [0.05, 0.1) is 0 Å². The van der Waals surface area contributed by atoms with Gasteiger partial charge >= 0.3 is 0 Å². The molecule has 0 spiro atoms. The molecular formula is C10H11FN4. The summed E-state index contributed by atoms with van der Waals surface area (Å²) in [6, 6.07) is 4.54. The maximum Gasteiger partial charge on any atom is 0.132 e. The van der Waals surface area contributed by atoms with Crippen LogP contribution in [0.25, 0.3) is 16.5 Å². The lowest BCUT2D eigenvalue weighted by atomic mass is 10.1. The highest BCUT2D eigenvalue weighted by molar-refractivity contribution is 5.64. The molecule has 2 N–H and O–H groups in total. The average Bonchev–Trinajstić information content (AvgIpc) is 2.21. The van der Waals surface area contributed by atoms with Crippen LogP contribution in [0.15, 0.2) is 29.4 Å². The molecule has 0 aliphatic rings. The number of azide groups is 1. The van der Waals surface area contributed by atoms with Gasteiger partial charge in [0.15, 0.2) is 0 Å². The number of nitrogens with two attached hydrogens (primary N) is 1. The van der Waals surface area contributed by atoms with Crippen LogP contribution < -0.4 is 5.73 Å². The minimum Gasteiger partial charge on any atom is -0.398 e. The topological polar surface area (TPSA) is 74.8 Å². The van der Waals surface area contributed by atoms with Crippen LogP contribution in [0.5, 0.6) is 0 Å². The first-order valence-electron chi connectivity index (χ1n) is 4.47. The van der Waals surface area contributed by atoms with E-state index < -0.39 is 0 Å². The second kappa shape index (κ2) is 5.67. The Kier molecular flexibility index (Phi) is 4.19. The smallest absolute Gasteiger partial charge is 0.132 e. The minimum absolute atomic E-state index is 0.352. The Morgan fingerprint density at radius 3 is 3.00 bits per heavy atom. The van der Waals surface area contributed by atoms with Crippen molar-refractivity contribution in [2.24, 2.45) is 5.11 Å². The van der Waals surface area contributed by atoms with Gasteiger partial charge in [-0.15, -0.1) is 0 Å². The van der Waals surface area contributed by atoms with E-state index in [1.54, 1.807) is 24.3 Å². The Bertz CT molecular complexity index is 388. The van der Waals surface area contributed by atoms with E-state index in [1.807, 2.05) is 0 Å². The molecule has 0 fully saturated rings. The Morgan fingerprint density at radius 1 is 1.53 bits per heavy atom. The van der Waals surface area contributed by atoms with E-state index in [1.165, 1.54) is 6.07 Å². The molecule has 0 bridgehead atoms. The van der Waals surface area contributed by atoms with Crippen molar-refractivity contribution in [2.75, 3.05) is 12.3 Å². The Balaban J connectivity index is 2.67. The maximum atomic E-state index is 13.2. The van der Waals surface area contributed by atoms with Crippen molar-refractivity contribution < 1.29 is 4.39 Å². The zero-order chi connectivity index (χ0) is 11.1. The lowest BCUT2D eigenvalue weighted by Crippen LogP contribution is -1.92. The zero-order valence-corrected chi connectivity index (χ0v) is 8.10. The molecule has 0 radical (unpaired) electrons. The summed E-state index contributed by atoms with van der Waals surface area (Å²) in [5.74, 6) is -0.352. The van der Waals surface area contributed by atoms with E-state index in [9.17, 15) is 4.39 Å². The first-order valence-corrected chi connectivity index (χ1v) is 4.47. The molecule has 0 heterocycles. The van der Waals surface area contributed by atoms with Crippen molar-refractivity contribution in [1.82, 2.24) is 0 Å². The van der Waals surface area contributed by atoms with Crippen molar-refractivity contribution >= 4 is 11.8 Å². The lowest BCUT2D eigenvalue weighted by molar-refractivity contribution is 0.626. The molecule has 0 saturated carbocycles. The quantitative estimate of drug-likeness (QED) is 0.265. The highest BCUT2D eigenvalue weighted by atomic mass is 19.1. The number of hydrogen-bond acceptors (Lipinski definition) is 2. The van der Waals surface area contributed by atoms with Gasteiger partial charge in [-0.25, -0.2) is 4.39 Å². The van der Waals surface area contributed by atoms with Gasteiger partial charge in [-0.3, -0.25) is 0 Å². The van der Waals surface area contributed by atoms with Crippen molar-refractivity contribution in [3.05, 3.63) is 46.1 Å². The third-order valence-corrected chi connectivity index (χ3v) is 1.83. The van der Waals surface area contributed by atoms with Crippen molar-refractivity contribution in [3.8, 4) is 0 Å². The number of hydrogen-bond donors (Lipinski definition) is 1. The molecular weight excluding hydrogens is 195 g/mol. The number of rotatable bonds is 4. The van der Waals surface area contributed by atoms with Gasteiger partial charge in [0.2, 0.25) is 0 Å². The van der Waals surface area contributed by atoms with E-state index in [2.05, 4.69) is 10.0 Å². The van der Waals surface area contributed by atoms with Crippen LogP contribution in [-0.2, 0) is 0 Å². The fraction of sp³-hybridized carbons (Fsp3) is 0.200. The summed E-state index contributed by atoms with van der Waals surface area (Å²) in [5.41, 5.74) is 14.4. The molecule has 5 heteroatoms. The van der Waals surface area contributed by atoms with Gasteiger partial charge in [-0.1, -0.05) is 23.3 Å². The van der Waals surface area contributed by atoms with Gasteiger partial charge in [0, 0.05) is 22.7 Å². The van der Waals surface area contributed by atoms with E-state index in [-0.39, 0.29) is 5.82 Å². The number of halogens is 1. The summed E-state index contributed by atoms with van der Waals surface area (Å²) in [6.07, 6.45) is 3.89. The van der Waals surface area contributed by atoms with Crippen molar-refractivity contribution in [1.29, 1.82) is 0 Å². The number of benzene rings is 1. The van der Waals surface area contributed by atoms with Crippen LogP contribution in [0.1, 0.15) is 12.0 Å². The molecule has 1 rings (SSSR count). The first-order chi connectivity index (χ1) is 7.25. The van der Waals surface area contributed by atoms with Gasteiger partial charge in [0.1, 0.15) is 5.82 Å². The standard InChI is InChI=1S/C10H11FN4/c11-9-5-3-6-10(12)8(9)4-1-2-7-14-15-13/h1,3-6H,2,7,12H2. The molecule has 15 heavy (non-hydrogen) atoms. The van der Waals surface area contributed by atoms with Crippen molar-refractivity contribution in [2.45, 2.75) is 6.42 Å². The summed E-state index contributed by atoms with van der Waals surface area (Å²) in [5, 5.41) is 3.35. The highest BCUT2D eigenvalue weighted by Gasteiger charge is 2.00. The SMILES string of the molecule is [N-]=[N+]=NCCC=Cc1c(N)cccc1F. The van der Waals surface area contributed by atoms with Crippen LogP contribution >= 0.6 is 0 Å². The molecule has 1 aromatic rings. The predicted molar refractivity (Wildman–Crippen MR) is 58.5 cm³/mol. The Morgan fingerprint density at radius 2 is 2.33 bits per heavy atom.